The molecule has 2 aromatic heterocycles. The molecule has 0 spiro atoms. The second kappa shape index (κ2) is 13.2. The van der Waals surface area contributed by atoms with E-state index in [1.54, 1.807) is 14.2 Å². The molecule has 1 fully saturated rings. The molecule has 1 atom stereocenters. The zero-order valence-electron chi connectivity index (χ0n) is 24.4. The van der Waals surface area contributed by atoms with Gasteiger partial charge in [-0.2, -0.15) is 0 Å². The molecule has 1 aliphatic carbocycles. The van der Waals surface area contributed by atoms with E-state index in [1.807, 2.05) is 48.0 Å². The summed E-state index contributed by atoms with van der Waals surface area (Å²) in [6.07, 6.45) is 6.13. The van der Waals surface area contributed by atoms with Crippen LogP contribution in [0.3, 0.4) is 0 Å². The Morgan fingerprint density at radius 3 is 2.59 bits per heavy atom. The molecule has 0 radical (unpaired) electrons. The lowest BCUT2D eigenvalue weighted by Crippen LogP contribution is -2.34. The summed E-state index contributed by atoms with van der Waals surface area (Å²) < 4.78 is 18.7. The Bertz CT molecular complexity index is 1510. The van der Waals surface area contributed by atoms with E-state index in [0.717, 1.165) is 53.7 Å². The monoisotopic (exact) mass is 560 g/mol. The van der Waals surface area contributed by atoms with Crippen molar-refractivity contribution < 1.29 is 14.2 Å². The number of pyridine rings is 1. The summed E-state index contributed by atoms with van der Waals surface area (Å²) in [6, 6.07) is 14.0. The molecule has 2 heterocycles. The molecular formula is C31H40N6O4. The van der Waals surface area contributed by atoms with Gasteiger partial charge in [0, 0.05) is 29.6 Å². The Hall–Kier alpha value is -3.92. The first-order valence-electron chi connectivity index (χ1n) is 14.6. The van der Waals surface area contributed by atoms with Crippen LogP contribution in [0.4, 0.5) is 0 Å². The van der Waals surface area contributed by atoms with Crippen molar-refractivity contribution in [1.82, 2.24) is 30.1 Å². The average Bonchev–Trinajstić information content (AvgIpc) is 3.69. The predicted octanol–water partition coefficient (Wildman–Crippen LogP) is 5.24. The molecule has 218 valence electrons. The highest BCUT2D eigenvalue weighted by molar-refractivity contribution is 5.80. The summed E-state index contributed by atoms with van der Waals surface area (Å²) in [5.41, 5.74) is 2.50. The first kappa shape index (κ1) is 28.6. The average molecular weight is 561 g/mol. The van der Waals surface area contributed by atoms with Crippen molar-refractivity contribution in [3.63, 3.8) is 0 Å². The van der Waals surface area contributed by atoms with E-state index in [-0.39, 0.29) is 11.6 Å². The third kappa shape index (κ3) is 6.37. The van der Waals surface area contributed by atoms with E-state index >= 15 is 0 Å². The van der Waals surface area contributed by atoms with Gasteiger partial charge < -0.3 is 19.2 Å². The summed E-state index contributed by atoms with van der Waals surface area (Å²) >= 11 is 0. The number of nitrogens with one attached hydrogen (secondary N) is 1. The van der Waals surface area contributed by atoms with Gasteiger partial charge in [-0.1, -0.05) is 25.8 Å². The molecular weight excluding hydrogens is 520 g/mol. The highest BCUT2D eigenvalue weighted by atomic mass is 16.5. The Balaban J connectivity index is 1.49. The Morgan fingerprint density at radius 2 is 1.85 bits per heavy atom. The number of benzene rings is 2. The Labute approximate surface area is 240 Å². The molecule has 1 saturated carbocycles. The number of H-pyrrole nitrogens is 1. The van der Waals surface area contributed by atoms with Gasteiger partial charge in [0.25, 0.3) is 5.56 Å². The minimum absolute atomic E-state index is 0.0596. The molecule has 1 N–H and O–H groups in total. The lowest BCUT2D eigenvalue weighted by molar-refractivity contribution is 0.169. The molecule has 1 aliphatic rings. The first-order valence-corrected chi connectivity index (χ1v) is 14.6. The number of fused-ring (bicyclic) bond motifs is 1. The topological polar surface area (TPSA) is 107 Å². The molecule has 0 bridgehead atoms. The van der Waals surface area contributed by atoms with Crippen LogP contribution in [0.25, 0.3) is 10.9 Å². The Morgan fingerprint density at radius 1 is 1.05 bits per heavy atom. The van der Waals surface area contributed by atoms with Crippen molar-refractivity contribution in [1.29, 1.82) is 0 Å². The Kier molecular flexibility index (Phi) is 9.18. The standard InChI is InChI=1S/C31H40N6O4/c1-5-27(30-33-34-35-37(30)24-9-7-8-10-24)36(16-15-21-11-14-28(39-3)29(17-21)40-4)20-23-18-22-19-25(41-6-2)12-13-26(22)32-31(23)38/h11-14,17-19,24,27H,5-10,15-16,20H2,1-4H3,(H,32,38). The van der Waals surface area contributed by atoms with E-state index in [1.165, 1.54) is 12.8 Å². The highest BCUT2D eigenvalue weighted by Crippen LogP contribution is 2.34. The smallest absolute Gasteiger partial charge is 0.252 e. The maximum atomic E-state index is 13.3. The van der Waals surface area contributed by atoms with Gasteiger partial charge in [-0.05, 0) is 85.0 Å². The van der Waals surface area contributed by atoms with Crippen molar-refractivity contribution in [2.45, 2.75) is 71.0 Å². The fourth-order valence-electron chi connectivity index (χ4n) is 5.91. The largest absolute Gasteiger partial charge is 0.494 e. The van der Waals surface area contributed by atoms with Crippen molar-refractivity contribution in [2.75, 3.05) is 27.4 Å². The molecule has 1 unspecified atom stereocenters. The van der Waals surface area contributed by atoms with Crippen molar-refractivity contribution in [3.05, 3.63) is 69.8 Å². The zero-order chi connectivity index (χ0) is 28.8. The number of ether oxygens (including phenoxy) is 3. The van der Waals surface area contributed by atoms with Gasteiger partial charge in [0.2, 0.25) is 0 Å². The molecule has 0 aliphatic heterocycles. The van der Waals surface area contributed by atoms with Gasteiger partial charge in [-0.25, -0.2) is 4.68 Å². The fourth-order valence-corrected chi connectivity index (χ4v) is 5.91. The minimum atomic E-state index is -0.0944. The molecule has 41 heavy (non-hydrogen) atoms. The van der Waals surface area contributed by atoms with Crippen LogP contribution in [0.15, 0.2) is 47.3 Å². The maximum absolute atomic E-state index is 13.3. The number of aromatic amines is 1. The van der Waals surface area contributed by atoms with E-state index in [9.17, 15) is 4.79 Å². The molecule has 2 aromatic carbocycles. The second-order valence-electron chi connectivity index (χ2n) is 10.6. The van der Waals surface area contributed by atoms with Crippen LogP contribution in [-0.2, 0) is 13.0 Å². The van der Waals surface area contributed by atoms with Gasteiger partial charge in [0.05, 0.1) is 32.9 Å². The number of rotatable bonds is 13. The van der Waals surface area contributed by atoms with Crippen LogP contribution in [0.1, 0.15) is 75.0 Å². The van der Waals surface area contributed by atoms with Crippen LogP contribution in [0.2, 0.25) is 0 Å². The third-order valence-corrected chi connectivity index (χ3v) is 8.03. The van der Waals surface area contributed by atoms with Crippen molar-refractivity contribution >= 4 is 10.9 Å². The summed E-state index contributed by atoms with van der Waals surface area (Å²) in [5.74, 6) is 3.04. The predicted molar refractivity (Wildman–Crippen MR) is 158 cm³/mol. The number of tetrazole rings is 1. The quantitative estimate of drug-likeness (QED) is 0.237. The van der Waals surface area contributed by atoms with Crippen LogP contribution in [0, 0.1) is 0 Å². The summed E-state index contributed by atoms with van der Waals surface area (Å²) in [5, 5.41) is 14.0. The number of methoxy groups -OCH3 is 2. The first-order chi connectivity index (χ1) is 20.0. The van der Waals surface area contributed by atoms with Crippen molar-refractivity contribution in [2.24, 2.45) is 0 Å². The molecule has 10 nitrogen and oxygen atoms in total. The van der Waals surface area contributed by atoms with E-state index < -0.39 is 0 Å². The zero-order valence-corrected chi connectivity index (χ0v) is 24.4. The fraction of sp³-hybridized carbons (Fsp3) is 0.484. The molecule has 5 rings (SSSR count). The highest BCUT2D eigenvalue weighted by Gasteiger charge is 2.29. The van der Waals surface area contributed by atoms with Crippen LogP contribution in [0.5, 0.6) is 17.2 Å². The number of hydrogen-bond acceptors (Lipinski definition) is 8. The SMILES string of the molecule is CCOc1ccc2[nH]c(=O)c(CN(CCc3ccc(OC)c(OC)c3)C(CC)c3nnnn3C3CCCC3)cc2c1. The summed E-state index contributed by atoms with van der Waals surface area (Å²) in [7, 11) is 3.28. The lowest BCUT2D eigenvalue weighted by Gasteiger charge is -2.31. The molecule has 0 saturated heterocycles. The van der Waals surface area contributed by atoms with E-state index in [2.05, 4.69) is 38.4 Å². The number of hydrogen-bond donors (Lipinski definition) is 1. The summed E-state index contributed by atoms with van der Waals surface area (Å²) in [4.78, 5) is 18.7. The number of aromatic nitrogens is 5. The summed E-state index contributed by atoms with van der Waals surface area (Å²) in [6.45, 7) is 5.85. The minimum Gasteiger partial charge on any atom is -0.494 e. The van der Waals surface area contributed by atoms with Gasteiger partial charge in [-0.3, -0.25) is 9.69 Å². The van der Waals surface area contributed by atoms with Crippen LogP contribution < -0.4 is 19.8 Å². The van der Waals surface area contributed by atoms with Gasteiger partial charge in [0.15, 0.2) is 17.3 Å². The van der Waals surface area contributed by atoms with Gasteiger partial charge >= 0.3 is 0 Å². The normalized spacial score (nSPS) is 14.6. The van der Waals surface area contributed by atoms with Crippen LogP contribution in [-0.4, -0.2) is 57.5 Å². The molecule has 4 aromatic rings. The third-order valence-electron chi connectivity index (χ3n) is 8.03. The van der Waals surface area contributed by atoms with Gasteiger partial charge in [-0.15, -0.1) is 5.10 Å². The van der Waals surface area contributed by atoms with E-state index in [0.29, 0.717) is 42.8 Å². The lowest BCUT2D eigenvalue weighted by atomic mass is 10.1. The molecule has 10 heteroatoms. The molecule has 0 amide bonds. The van der Waals surface area contributed by atoms with Gasteiger partial charge in [0.1, 0.15) is 5.75 Å². The van der Waals surface area contributed by atoms with Crippen LogP contribution >= 0.6 is 0 Å². The van der Waals surface area contributed by atoms with Crippen molar-refractivity contribution in [3.8, 4) is 17.2 Å². The van der Waals surface area contributed by atoms with E-state index in [4.69, 9.17) is 14.2 Å². The number of nitrogens with zero attached hydrogens (tertiary/aromatic N) is 5. The maximum Gasteiger partial charge on any atom is 0.252 e. The second-order valence-corrected chi connectivity index (χ2v) is 10.6.